The molecule has 4 fully saturated rings. The minimum atomic E-state index is 0.219. The second kappa shape index (κ2) is 2.91. The standard InChI is InChI=1S/C15H24O2/c1-13(2)8-11-10(13)4-6-14(3)12(17-14)5-7-15(11)9-16-15/h10-12H,4-9H2,1-3H3/t10-,11+,12-,14-,15+/m1/s1. The number of fused-ring (bicyclic) bond motifs is 3. The van der Waals surface area contributed by atoms with Crippen LogP contribution in [0.1, 0.15) is 52.9 Å². The van der Waals surface area contributed by atoms with E-state index in [-0.39, 0.29) is 11.2 Å². The molecule has 17 heavy (non-hydrogen) atoms. The first-order valence-corrected chi connectivity index (χ1v) is 7.27. The zero-order valence-corrected chi connectivity index (χ0v) is 11.3. The SMILES string of the molecule is CC1(C)C[C@H]2[C@H]1CC[C@@]1(C)O[C@@H]1CC[C@]21CO1. The van der Waals surface area contributed by atoms with Gasteiger partial charge in [-0.25, -0.2) is 0 Å². The molecule has 0 aromatic rings. The van der Waals surface area contributed by atoms with Crippen LogP contribution in [0.3, 0.4) is 0 Å². The average Bonchev–Trinajstić information content (AvgIpc) is 3.11. The Hall–Kier alpha value is -0.0800. The molecule has 96 valence electrons. The first kappa shape index (κ1) is 10.8. The maximum Gasteiger partial charge on any atom is 0.0948 e. The van der Waals surface area contributed by atoms with Crippen molar-refractivity contribution in [3.8, 4) is 0 Å². The second-order valence-corrected chi connectivity index (χ2v) is 7.76. The van der Waals surface area contributed by atoms with Crippen molar-refractivity contribution in [3.05, 3.63) is 0 Å². The fraction of sp³-hybridized carbons (Fsp3) is 1.00. The second-order valence-electron chi connectivity index (χ2n) is 7.76. The van der Waals surface area contributed by atoms with Crippen LogP contribution in [0.15, 0.2) is 0 Å². The van der Waals surface area contributed by atoms with Gasteiger partial charge in [-0.3, -0.25) is 0 Å². The highest BCUT2D eigenvalue weighted by Gasteiger charge is 2.65. The van der Waals surface area contributed by atoms with E-state index in [1.807, 2.05) is 0 Å². The monoisotopic (exact) mass is 236 g/mol. The van der Waals surface area contributed by atoms with E-state index in [0.29, 0.717) is 11.5 Å². The third kappa shape index (κ3) is 1.40. The van der Waals surface area contributed by atoms with E-state index in [0.717, 1.165) is 18.4 Å². The normalized spacial score (nSPS) is 59.1. The Balaban J connectivity index is 1.60. The third-order valence-electron chi connectivity index (χ3n) is 6.24. The van der Waals surface area contributed by atoms with E-state index in [9.17, 15) is 0 Å². The van der Waals surface area contributed by atoms with E-state index in [1.165, 1.54) is 32.1 Å². The topological polar surface area (TPSA) is 25.1 Å². The van der Waals surface area contributed by atoms with Gasteiger partial charge >= 0.3 is 0 Å². The molecular formula is C15H24O2. The molecule has 1 spiro atoms. The lowest BCUT2D eigenvalue weighted by Gasteiger charge is -2.54. The summed E-state index contributed by atoms with van der Waals surface area (Å²) in [5, 5.41) is 0. The van der Waals surface area contributed by atoms with E-state index < -0.39 is 0 Å². The van der Waals surface area contributed by atoms with Gasteiger partial charge in [0.05, 0.1) is 23.9 Å². The number of hydrogen-bond donors (Lipinski definition) is 0. The van der Waals surface area contributed by atoms with Crippen LogP contribution in [0.5, 0.6) is 0 Å². The molecule has 2 aliphatic carbocycles. The van der Waals surface area contributed by atoms with Crippen molar-refractivity contribution in [3.63, 3.8) is 0 Å². The van der Waals surface area contributed by atoms with Crippen molar-refractivity contribution in [1.29, 1.82) is 0 Å². The lowest BCUT2D eigenvalue weighted by atomic mass is 9.50. The van der Waals surface area contributed by atoms with Crippen molar-refractivity contribution in [2.24, 2.45) is 17.3 Å². The Morgan fingerprint density at radius 2 is 1.76 bits per heavy atom. The van der Waals surface area contributed by atoms with E-state index in [1.54, 1.807) is 0 Å². The van der Waals surface area contributed by atoms with Crippen LogP contribution in [0.4, 0.5) is 0 Å². The highest BCUT2D eigenvalue weighted by Crippen LogP contribution is 2.64. The predicted octanol–water partition coefficient (Wildman–Crippen LogP) is 3.15. The molecule has 0 N–H and O–H groups in total. The van der Waals surface area contributed by atoms with Crippen LogP contribution in [0.2, 0.25) is 0 Å². The first-order chi connectivity index (χ1) is 7.95. The van der Waals surface area contributed by atoms with Gasteiger partial charge in [0.15, 0.2) is 0 Å². The summed E-state index contributed by atoms with van der Waals surface area (Å²) in [5.41, 5.74) is 1.03. The van der Waals surface area contributed by atoms with Crippen LogP contribution < -0.4 is 0 Å². The molecule has 4 aliphatic rings. The summed E-state index contributed by atoms with van der Waals surface area (Å²) in [6.45, 7) is 8.21. The Kier molecular flexibility index (Phi) is 1.85. The summed E-state index contributed by atoms with van der Waals surface area (Å²) in [4.78, 5) is 0. The minimum Gasteiger partial charge on any atom is -0.369 e. The summed E-state index contributed by atoms with van der Waals surface area (Å²) in [7, 11) is 0. The maximum atomic E-state index is 5.92. The molecule has 0 radical (unpaired) electrons. The van der Waals surface area contributed by atoms with Crippen LogP contribution in [-0.2, 0) is 9.47 Å². The van der Waals surface area contributed by atoms with Crippen molar-refractivity contribution in [1.82, 2.24) is 0 Å². The molecule has 2 saturated heterocycles. The first-order valence-electron chi connectivity index (χ1n) is 7.27. The smallest absolute Gasteiger partial charge is 0.0948 e. The van der Waals surface area contributed by atoms with Gasteiger partial charge in [0, 0.05) is 0 Å². The fourth-order valence-corrected chi connectivity index (χ4v) is 4.72. The lowest BCUT2D eigenvalue weighted by Crippen LogP contribution is -2.51. The Morgan fingerprint density at radius 3 is 2.41 bits per heavy atom. The molecule has 0 aromatic carbocycles. The van der Waals surface area contributed by atoms with Crippen molar-refractivity contribution < 1.29 is 9.47 Å². The summed E-state index contributed by atoms with van der Waals surface area (Å²) in [5.74, 6) is 1.71. The molecule has 5 atom stereocenters. The van der Waals surface area contributed by atoms with Gasteiger partial charge in [-0.1, -0.05) is 13.8 Å². The van der Waals surface area contributed by atoms with Gasteiger partial charge < -0.3 is 9.47 Å². The summed E-state index contributed by atoms with van der Waals surface area (Å²) < 4.78 is 11.8. The van der Waals surface area contributed by atoms with Crippen LogP contribution in [0, 0.1) is 17.3 Å². The zero-order chi connectivity index (χ0) is 11.9. The Bertz CT molecular complexity index is 358. The highest BCUT2D eigenvalue weighted by atomic mass is 16.6. The highest BCUT2D eigenvalue weighted by molar-refractivity contribution is 5.14. The molecule has 2 heterocycles. The number of ether oxygens (including phenoxy) is 2. The van der Waals surface area contributed by atoms with Gasteiger partial charge in [0.25, 0.3) is 0 Å². The molecule has 0 amide bonds. The van der Waals surface area contributed by atoms with E-state index >= 15 is 0 Å². The zero-order valence-electron chi connectivity index (χ0n) is 11.3. The summed E-state index contributed by atoms with van der Waals surface area (Å²) >= 11 is 0. The van der Waals surface area contributed by atoms with E-state index in [2.05, 4.69) is 20.8 Å². The summed E-state index contributed by atoms with van der Waals surface area (Å²) in [6.07, 6.45) is 6.97. The van der Waals surface area contributed by atoms with Crippen molar-refractivity contribution in [2.75, 3.05) is 6.61 Å². The quantitative estimate of drug-likeness (QED) is 0.604. The van der Waals surface area contributed by atoms with Crippen molar-refractivity contribution in [2.45, 2.75) is 70.2 Å². The number of rotatable bonds is 0. The van der Waals surface area contributed by atoms with Gasteiger partial charge in [-0.15, -0.1) is 0 Å². The predicted molar refractivity (Wildman–Crippen MR) is 65.8 cm³/mol. The Labute approximate surface area is 104 Å². The van der Waals surface area contributed by atoms with Crippen LogP contribution in [0.25, 0.3) is 0 Å². The molecule has 2 aliphatic heterocycles. The maximum absolute atomic E-state index is 5.92. The fourth-order valence-electron chi connectivity index (χ4n) is 4.72. The number of hydrogen-bond acceptors (Lipinski definition) is 2. The van der Waals surface area contributed by atoms with Gasteiger partial charge in [0.1, 0.15) is 0 Å². The van der Waals surface area contributed by atoms with E-state index in [4.69, 9.17) is 9.47 Å². The molecule has 2 heteroatoms. The lowest BCUT2D eigenvalue weighted by molar-refractivity contribution is -0.0685. The summed E-state index contributed by atoms with van der Waals surface area (Å²) in [6, 6.07) is 0. The molecule has 0 aromatic heterocycles. The number of epoxide rings is 2. The average molecular weight is 236 g/mol. The van der Waals surface area contributed by atoms with Crippen molar-refractivity contribution >= 4 is 0 Å². The van der Waals surface area contributed by atoms with Gasteiger partial charge in [-0.2, -0.15) is 0 Å². The largest absolute Gasteiger partial charge is 0.369 e. The van der Waals surface area contributed by atoms with Gasteiger partial charge in [0.2, 0.25) is 0 Å². The molecule has 2 nitrogen and oxygen atoms in total. The molecule has 0 bridgehead atoms. The van der Waals surface area contributed by atoms with Crippen LogP contribution >= 0.6 is 0 Å². The third-order valence-corrected chi connectivity index (χ3v) is 6.24. The molecular weight excluding hydrogens is 212 g/mol. The molecule has 2 saturated carbocycles. The minimum absolute atomic E-state index is 0.219. The molecule has 0 unspecified atom stereocenters. The molecule has 4 rings (SSSR count). The Morgan fingerprint density at radius 1 is 1.00 bits per heavy atom. The van der Waals surface area contributed by atoms with Gasteiger partial charge in [-0.05, 0) is 56.3 Å². The van der Waals surface area contributed by atoms with Crippen LogP contribution in [-0.4, -0.2) is 23.9 Å².